The summed E-state index contributed by atoms with van der Waals surface area (Å²) in [5.74, 6) is -0.472. The molecule has 1 unspecified atom stereocenters. The molecule has 1 aliphatic rings. The SMILES string of the molecule is O=C1CCC(Nc2ccc3c(I)ccnc3c2)C(=O)N1. The van der Waals surface area contributed by atoms with Crippen molar-refractivity contribution in [2.24, 2.45) is 0 Å². The van der Waals surface area contributed by atoms with Gasteiger partial charge in [-0.25, -0.2) is 0 Å². The molecule has 0 saturated carbocycles. The van der Waals surface area contributed by atoms with E-state index in [9.17, 15) is 9.59 Å². The summed E-state index contributed by atoms with van der Waals surface area (Å²) in [6.45, 7) is 0. The third-order valence-electron chi connectivity index (χ3n) is 3.27. The van der Waals surface area contributed by atoms with Gasteiger partial charge in [-0.1, -0.05) is 0 Å². The van der Waals surface area contributed by atoms with Crippen LogP contribution in [-0.4, -0.2) is 22.8 Å². The highest BCUT2D eigenvalue weighted by Crippen LogP contribution is 2.23. The molecule has 0 spiro atoms. The number of anilines is 1. The molecule has 6 heteroatoms. The molecule has 3 rings (SSSR count). The topological polar surface area (TPSA) is 71.1 Å². The first kappa shape index (κ1) is 13.3. The molecule has 2 heterocycles. The molecule has 5 nitrogen and oxygen atoms in total. The quantitative estimate of drug-likeness (QED) is 0.617. The molecule has 1 fully saturated rings. The molecule has 1 atom stereocenters. The molecule has 0 radical (unpaired) electrons. The van der Waals surface area contributed by atoms with E-state index in [1.807, 2.05) is 24.3 Å². The number of nitrogens with zero attached hydrogens (tertiary/aromatic N) is 1. The number of carbonyl (C=O) groups excluding carboxylic acids is 2. The summed E-state index contributed by atoms with van der Waals surface area (Å²) in [6, 6.07) is 7.42. The molecule has 1 aromatic heterocycles. The molecule has 1 aliphatic heterocycles. The average Bonchev–Trinajstić information content (AvgIpc) is 2.42. The predicted octanol–water partition coefficient (Wildman–Crippen LogP) is 2.06. The van der Waals surface area contributed by atoms with Crippen LogP contribution in [0.3, 0.4) is 0 Å². The number of nitrogens with one attached hydrogen (secondary N) is 2. The van der Waals surface area contributed by atoms with Crippen LogP contribution in [0.25, 0.3) is 10.9 Å². The Labute approximate surface area is 129 Å². The van der Waals surface area contributed by atoms with Crippen molar-refractivity contribution in [2.45, 2.75) is 18.9 Å². The smallest absolute Gasteiger partial charge is 0.249 e. The van der Waals surface area contributed by atoms with Crippen LogP contribution in [0.4, 0.5) is 5.69 Å². The van der Waals surface area contributed by atoms with Crippen LogP contribution in [0.1, 0.15) is 12.8 Å². The van der Waals surface area contributed by atoms with Crippen LogP contribution >= 0.6 is 22.6 Å². The van der Waals surface area contributed by atoms with E-state index in [-0.39, 0.29) is 17.9 Å². The zero-order valence-corrected chi connectivity index (χ0v) is 12.7. The average molecular weight is 381 g/mol. The second kappa shape index (κ2) is 5.35. The summed E-state index contributed by atoms with van der Waals surface area (Å²) in [4.78, 5) is 27.2. The van der Waals surface area contributed by atoms with E-state index in [4.69, 9.17) is 0 Å². The number of hydrogen-bond acceptors (Lipinski definition) is 4. The van der Waals surface area contributed by atoms with Crippen LogP contribution in [-0.2, 0) is 9.59 Å². The van der Waals surface area contributed by atoms with Crippen LogP contribution in [0.15, 0.2) is 30.5 Å². The predicted molar refractivity (Wildman–Crippen MR) is 84.3 cm³/mol. The van der Waals surface area contributed by atoms with Crippen LogP contribution in [0.2, 0.25) is 0 Å². The Bertz CT molecular complexity index is 702. The Morgan fingerprint density at radius 2 is 2.15 bits per heavy atom. The van der Waals surface area contributed by atoms with E-state index in [2.05, 4.69) is 38.2 Å². The van der Waals surface area contributed by atoms with Gasteiger partial charge in [-0.05, 0) is 53.3 Å². The molecule has 2 amide bonds. The zero-order valence-electron chi connectivity index (χ0n) is 10.5. The lowest BCUT2D eigenvalue weighted by atomic mass is 10.1. The maximum Gasteiger partial charge on any atom is 0.249 e. The lowest BCUT2D eigenvalue weighted by Gasteiger charge is -2.22. The third kappa shape index (κ3) is 2.60. The molecule has 102 valence electrons. The van der Waals surface area contributed by atoms with Gasteiger partial charge in [0.1, 0.15) is 6.04 Å². The summed E-state index contributed by atoms with van der Waals surface area (Å²) in [5.41, 5.74) is 1.72. The van der Waals surface area contributed by atoms with E-state index in [0.29, 0.717) is 12.8 Å². The Balaban J connectivity index is 1.84. The van der Waals surface area contributed by atoms with Crippen molar-refractivity contribution in [1.29, 1.82) is 0 Å². The Morgan fingerprint density at radius 1 is 1.30 bits per heavy atom. The first-order chi connectivity index (χ1) is 9.63. The van der Waals surface area contributed by atoms with Crippen LogP contribution in [0.5, 0.6) is 0 Å². The lowest BCUT2D eigenvalue weighted by Crippen LogP contribution is -2.47. The van der Waals surface area contributed by atoms with Crippen molar-refractivity contribution in [3.05, 3.63) is 34.0 Å². The molecule has 1 aromatic carbocycles. The number of fused-ring (bicyclic) bond motifs is 1. The van der Waals surface area contributed by atoms with E-state index in [0.717, 1.165) is 20.2 Å². The molecule has 20 heavy (non-hydrogen) atoms. The molecular weight excluding hydrogens is 369 g/mol. The Morgan fingerprint density at radius 3 is 2.95 bits per heavy atom. The number of hydrogen-bond donors (Lipinski definition) is 2. The summed E-state index contributed by atoms with van der Waals surface area (Å²) in [6.07, 6.45) is 2.65. The molecular formula is C14H12IN3O2. The molecule has 2 N–H and O–H groups in total. The highest BCUT2D eigenvalue weighted by Gasteiger charge is 2.26. The maximum atomic E-state index is 11.7. The normalized spacial score (nSPS) is 18.9. The van der Waals surface area contributed by atoms with Crippen molar-refractivity contribution in [2.75, 3.05) is 5.32 Å². The van der Waals surface area contributed by atoms with Gasteiger partial charge in [0.05, 0.1) is 5.52 Å². The number of aromatic nitrogens is 1. The molecule has 0 aliphatic carbocycles. The van der Waals surface area contributed by atoms with Crippen molar-refractivity contribution in [1.82, 2.24) is 10.3 Å². The monoisotopic (exact) mass is 381 g/mol. The maximum absolute atomic E-state index is 11.7. The number of carbonyl (C=O) groups is 2. The first-order valence-electron chi connectivity index (χ1n) is 6.28. The summed E-state index contributed by atoms with van der Waals surface area (Å²) >= 11 is 2.27. The molecule has 1 saturated heterocycles. The fourth-order valence-electron chi connectivity index (χ4n) is 2.24. The summed E-state index contributed by atoms with van der Waals surface area (Å²) in [5, 5.41) is 6.58. The number of piperidine rings is 1. The largest absolute Gasteiger partial charge is 0.374 e. The number of rotatable bonds is 2. The fraction of sp³-hybridized carbons (Fsp3) is 0.214. The van der Waals surface area contributed by atoms with Crippen molar-refractivity contribution >= 4 is 51.0 Å². The van der Waals surface area contributed by atoms with Gasteiger partial charge < -0.3 is 5.32 Å². The standard InChI is InChI=1S/C14H12IN3O2/c15-10-5-6-16-12-7-8(1-2-9(10)12)17-11-3-4-13(19)18-14(11)20/h1-2,5-7,11,17H,3-4H2,(H,18,19,20). The first-order valence-corrected chi connectivity index (χ1v) is 7.36. The number of amides is 2. The van der Waals surface area contributed by atoms with Gasteiger partial charge in [-0.2, -0.15) is 0 Å². The highest BCUT2D eigenvalue weighted by atomic mass is 127. The molecule has 0 bridgehead atoms. The lowest BCUT2D eigenvalue weighted by molar-refractivity contribution is -0.133. The van der Waals surface area contributed by atoms with Crippen molar-refractivity contribution in [3.8, 4) is 0 Å². The van der Waals surface area contributed by atoms with Crippen LogP contribution < -0.4 is 10.6 Å². The van der Waals surface area contributed by atoms with E-state index in [1.165, 1.54) is 0 Å². The molecule has 2 aromatic rings. The highest BCUT2D eigenvalue weighted by molar-refractivity contribution is 14.1. The summed E-state index contributed by atoms with van der Waals surface area (Å²) < 4.78 is 1.14. The second-order valence-electron chi connectivity index (χ2n) is 4.67. The van der Waals surface area contributed by atoms with Gasteiger partial charge in [0.25, 0.3) is 0 Å². The van der Waals surface area contributed by atoms with Gasteiger partial charge in [0.2, 0.25) is 11.8 Å². The number of imide groups is 1. The Hall–Kier alpha value is -1.70. The van der Waals surface area contributed by atoms with Gasteiger partial charge in [-0.15, -0.1) is 0 Å². The number of halogens is 1. The second-order valence-corrected chi connectivity index (χ2v) is 5.83. The summed E-state index contributed by atoms with van der Waals surface area (Å²) in [7, 11) is 0. The van der Waals surface area contributed by atoms with Crippen molar-refractivity contribution < 1.29 is 9.59 Å². The Kier molecular flexibility index (Phi) is 3.56. The fourth-order valence-corrected chi connectivity index (χ4v) is 2.85. The minimum absolute atomic E-state index is 0.206. The minimum atomic E-state index is -0.368. The van der Waals surface area contributed by atoms with Gasteiger partial charge in [0.15, 0.2) is 0 Å². The number of pyridine rings is 1. The minimum Gasteiger partial charge on any atom is -0.374 e. The third-order valence-corrected chi connectivity index (χ3v) is 4.21. The van der Waals surface area contributed by atoms with Gasteiger partial charge >= 0.3 is 0 Å². The van der Waals surface area contributed by atoms with Crippen LogP contribution in [0, 0.1) is 3.57 Å². The zero-order chi connectivity index (χ0) is 14.1. The van der Waals surface area contributed by atoms with Crippen molar-refractivity contribution in [3.63, 3.8) is 0 Å². The van der Waals surface area contributed by atoms with E-state index < -0.39 is 0 Å². The van der Waals surface area contributed by atoms with E-state index in [1.54, 1.807) is 6.20 Å². The number of benzene rings is 1. The van der Waals surface area contributed by atoms with Gasteiger partial charge in [-0.3, -0.25) is 19.9 Å². The van der Waals surface area contributed by atoms with Gasteiger partial charge in [0, 0.05) is 27.3 Å². The van der Waals surface area contributed by atoms with E-state index >= 15 is 0 Å².